The minimum atomic E-state index is -1.76. The molecule has 0 spiro atoms. The van der Waals surface area contributed by atoms with Crippen molar-refractivity contribution in [1.82, 2.24) is 0 Å². The molecule has 0 aliphatic heterocycles. The van der Waals surface area contributed by atoms with Crippen molar-refractivity contribution in [3.63, 3.8) is 0 Å². The minimum Gasteiger partial charge on any atom is -0.468 e. The van der Waals surface area contributed by atoms with E-state index in [1.807, 2.05) is 0 Å². The van der Waals surface area contributed by atoms with Crippen molar-refractivity contribution >= 4 is 23.9 Å². The lowest BCUT2D eigenvalue weighted by Crippen LogP contribution is -2.46. The molecule has 8 heteroatoms. The van der Waals surface area contributed by atoms with E-state index in [9.17, 15) is 19.2 Å². The summed E-state index contributed by atoms with van der Waals surface area (Å²) >= 11 is 0. The number of ether oxygens (including phenoxy) is 4. The highest BCUT2D eigenvalue weighted by molar-refractivity contribution is 6.09. The molecule has 0 bridgehead atoms. The van der Waals surface area contributed by atoms with Crippen molar-refractivity contribution in [3.05, 3.63) is 0 Å². The highest BCUT2D eigenvalue weighted by Crippen LogP contribution is 2.64. The molecule has 0 N–H and O–H groups in total. The number of hydrogen-bond donors (Lipinski definition) is 0. The number of carbonyl (C=O) groups excluding carboxylic acids is 4. The molecule has 22 heavy (non-hydrogen) atoms. The summed E-state index contributed by atoms with van der Waals surface area (Å²) < 4.78 is 18.7. The van der Waals surface area contributed by atoms with Gasteiger partial charge in [0.05, 0.1) is 28.4 Å². The number of methoxy groups -OCH3 is 4. The maximum Gasteiger partial charge on any atom is 0.323 e. The van der Waals surface area contributed by atoms with E-state index in [4.69, 9.17) is 9.47 Å². The Balaban J connectivity index is 3.40. The van der Waals surface area contributed by atoms with Gasteiger partial charge in [0.1, 0.15) is 0 Å². The Morgan fingerprint density at radius 2 is 1.32 bits per heavy atom. The van der Waals surface area contributed by atoms with Crippen LogP contribution in [0.15, 0.2) is 0 Å². The van der Waals surface area contributed by atoms with Gasteiger partial charge in [-0.3, -0.25) is 19.2 Å². The number of carbonyl (C=O) groups is 4. The first-order valence-electron chi connectivity index (χ1n) is 6.67. The van der Waals surface area contributed by atoms with E-state index in [-0.39, 0.29) is 12.8 Å². The largest absolute Gasteiger partial charge is 0.468 e. The summed E-state index contributed by atoms with van der Waals surface area (Å²) in [6, 6.07) is 0. The first-order chi connectivity index (χ1) is 10.3. The summed E-state index contributed by atoms with van der Waals surface area (Å²) in [5.41, 5.74) is -3.45. The molecule has 0 saturated heterocycles. The summed E-state index contributed by atoms with van der Waals surface area (Å²) in [5, 5.41) is 0. The van der Waals surface area contributed by atoms with E-state index in [1.165, 1.54) is 0 Å². The quantitative estimate of drug-likeness (QED) is 0.385. The predicted molar refractivity (Wildman–Crippen MR) is 71.3 cm³/mol. The average Bonchev–Trinajstić information content (AvgIpc) is 3.30. The number of rotatable bonds is 6. The zero-order chi connectivity index (χ0) is 17.1. The second kappa shape index (κ2) is 6.33. The summed E-state index contributed by atoms with van der Waals surface area (Å²) in [6.07, 6.45) is -0.0445. The highest BCUT2D eigenvalue weighted by Gasteiger charge is 2.78. The normalized spacial score (nSPS) is 18.9. The van der Waals surface area contributed by atoms with Crippen molar-refractivity contribution < 1.29 is 38.1 Å². The molecule has 1 atom stereocenters. The summed E-state index contributed by atoms with van der Waals surface area (Å²) in [6.45, 7) is 1.57. The van der Waals surface area contributed by atoms with Crippen molar-refractivity contribution in [2.45, 2.75) is 19.8 Å². The van der Waals surface area contributed by atoms with Crippen LogP contribution in [0.25, 0.3) is 0 Å². The molecule has 8 nitrogen and oxygen atoms in total. The zero-order valence-corrected chi connectivity index (χ0v) is 13.3. The Bertz CT molecular complexity index is 463. The van der Waals surface area contributed by atoms with Crippen molar-refractivity contribution in [3.8, 4) is 0 Å². The SMILES string of the molecule is CCC(C(=O)OC)(C(=O)OC)C1CC1(C(=O)OC)C(=O)OC. The molecule has 1 unspecified atom stereocenters. The maximum atomic E-state index is 12.2. The smallest absolute Gasteiger partial charge is 0.323 e. The van der Waals surface area contributed by atoms with Gasteiger partial charge < -0.3 is 18.9 Å². The first-order valence-corrected chi connectivity index (χ1v) is 6.67. The second-order valence-corrected chi connectivity index (χ2v) is 5.02. The third-order valence-electron chi connectivity index (χ3n) is 4.31. The van der Waals surface area contributed by atoms with E-state index in [1.54, 1.807) is 6.92 Å². The van der Waals surface area contributed by atoms with E-state index in [0.29, 0.717) is 0 Å². The van der Waals surface area contributed by atoms with E-state index in [2.05, 4.69) is 9.47 Å². The predicted octanol–water partition coefficient (Wildman–Crippen LogP) is 0.0811. The molecule has 1 fully saturated rings. The van der Waals surface area contributed by atoms with Crippen LogP contribution < -0.4 is 0 Å². The third kappa shape index (κ3) is 2.22. The van der Waals surface area contributed by atoms with E-state index < -0.39 is 40.6 Å². The van der Waals surface area contributed by atoms with Crippen LogP contribution in [0.5, 0.6) is 0 Å². The molecule has 0 aromatic heterocycles. The Hall–Kier alpha value is -2.12. The molecule has 0 heterocycles. The van der Waals surface area contributed by atoms with E-state index >= 15 is 0 Å². The van der Waals surface area contributed by atoms with Crippen LogP contribution in [0, 0.1) is 16.7 Å². The van der Waals surface area contributed by atoms with Crippen molar-refractivity contribution in [2.75, 3.05) is 28.4 Å². The lowest BCUT2D eigenvalue weighted by molar-refractivity contribution is -0.174. The highest BCUT2D eigenvalue weighted by atomic mass is 16.6. The van der Waals surface area contributed by atoms with Crippen LogP contribution in [0.4, 0.5) is 0 Å². The molecule has 1 aliphatic carbocycles. The third-order valence-corrected chi connectivity index (χ3v) is 4.31. The molecule has 0 amide bonds. The Kier molecular flexibility index (Phi) is 5.16. The van der Waals surface area contributed by atoms with Crippen molar-refractivity contribution in [1.29, 1.82) is 0 Å². The maximum absolute atomic E-state index is 12.2. The van der Waals surface area contributed by atoms with E-state index in [0.717, 1.165) is 28.4 Å². The Labute approximate surface area is 128 Å². The molecule has 124 valence electrons. The standard InChI is InChI=1S/C14H20O8/c1-6-13(9(15)19-2,10(16)20-3)8-7-14(8,11(17)21-4)12(18)22-5/h8H,6-7H2,1-5H3. The lowest BCUT2D eigenvalue weighted by Gasteiger charge is -2.28. The van der Waals surface area contributed by atoms with Gasteiger partial charge in [0.15, 0.2) is 10.8 Å². The van der Waals surface area contributed by atoms with Crippen LogP contribution in [0.1, 0.15) is 19.8 Å². The molecule has 1 aliphatic rings. The lowest BCUT2D eigenvalue weighted by atomic mass is 9.76. The molecule has 0 aromatic carbocycles. The monoisotopic (exact) mass is 316 g/mol. The molecule has 1 saturated carbocycles. The molecule has 0 aromatic rings. The number of esters is 4. The number of hydrogen-bond acceptors (Lipinski definition) is 8. The van der Waals surface area contributed by atoms with Crippen LogP contribution >= 0.6 is 0 Å². The summed E-state index contributed by atoms with van der Waals surface area (Å²) in [5.74, 6) is -4.36. The van der Waals surface area contributed by atoms with Gasteiger partial charge in [0.2, 0.25) is 0 Å². The fourth-order valence-corrected chi connectivity index (χ4v) is 3.02. The fraction of sp³-hybridized carbons (Fsp3) is 0.714. The van der Waals surface area contributed by atoms with Crippen molar-refractivity contribution in [2.24, 2.45) is 16.7 Å². The molecule has 1 rings (SSSR count). The Morgan fingerprint density at radius 1 is 0.909 bits per heavy atom. The van der Waals surface area contributed by atoms with Gasteiger partial charge in [-0.2, -0.15) is 0 Å². The van der Waals surface area contributed by atoms with Gasteiger partial charge in [0, 0.05) is 5.92 Å². The van der Waals surface area contributed by atoms with Crippen LogP contribution in [0.3, 0.4) is 0 Å². The van der Waals surface area contributed by atoms with Gasteiger partial charge >= 0.3 is 23.9 Å². The summed E-state index contributed by atoms with van der Waals surface area (Å²) in [7, 11) is 4.48. The zero-order valence-electron chi connectivity index (χ0n) is 13.3. The van der Waals surface area contributed by atoms with Crippen LogP contribution in [-0.4, -0.2) is 52.3 Å². The van der Waals surface area contributed by atoms with Gasteiger partial charge in [-0.1, -0.05) is 6.92 Å². The molecule has 0 radical (unpaired) electrons. The topological polar surface area (TPSA) is 105 Å². The summed E-state index contributed by atoms with van der Waals surface area (Å²) in [4.78, 5) is 48.6. The van der Waals surface area contributed by atoms with Gasteiger partial charge in [0.25, 0.3) is 0 Å². The second-order valence-electron chi connectivity index (χ2n) is 5.02. The minimum absolute atomic E-state index is 0.00670. The van der Waals surface area contributed by atoms with Crippen LogP contribution in [0.2, 0.25) is 0 Å². The van der Waals surface area contributed by atoms with Gasteiger partial charge in [-0.05, 0) is 12.8 Å². The average molecular weight is 316 g/mol. The van der Waals surface area contributed by atoms with Crippen LogP contribution in [-0.2, 0) is 38.1 Å². The van der Waals surface area contributed by atoms with Gasteiger partial charge in [-0.25, -0.2) is 0 Å². The molecular formula is C14H20O8. The molecular weight excluding hydrogens is 296 g/mol. The Morgan fingerprint density at radius 3 is 1.59 bits per heavy atom. The van der Waals surface area contributed by atoms with Gasteiger partial charge in [-0.15, -0.1) is 0 Å². The first kappa shape index (κ1) is 17.9. The fourth-order valence-electron chi connectivity index (χ4n) is 3.02.